The van der Waals surface area contributed by atoms with Gasteiger partial charge in [0.15, 0.2) is 0 Å². The predicted octanol–water partition coefficient (Wildman–Crippen LogP) is 18.9. The van der Waals surface area contributed by atoms with Crippen LogP contribution in [0.2, 0.25) is 0 Å². The van der Waals surface area contributed by atoms with Crippen molar-refractivity contribution in [2.24, 2.45) is 5.41 Å². The summed E-state index contributed by atoms with van der Waals surface area (Å²) in [5, 5.41) is 0. The van der Waals surface area contributed by atoms with E-state index >= 15 is 0 Å². The van der Waals surface area contributed by atoms with Gasteiger partial charge in [-0.3, -0.25) is 14.4 Å². The van der Waals surface area contributed by atoms with Crippen LogP contribution in [-0.4, -0.2) is 63.3 Å². The minimum atomic E-state index is -0.830. The summed E-state index contributed by atoms with van der Waals surface area (Å²) in [7, 11) is 3.92. The van der Waals surface area contributed by atoms with Crippen LogP contribution in [0.25, 0.3) is 0 Å². The Morgan fingerprint density at radius 2 is 0.441 bits per heavy atom. The summed E-state index contributed by atoms with van der Waals surface area (Å²) in [5.41, 5.74) is -0.830. The lowest BCUT2D eigenvalue weighted by atomic mass is 9.90. The number of ether oxygens (including phenoxy) is 3. The van der Waals surface area contributed by atoms with Gasteiger partial charge in [0.2, 0.25) is 0 Å². The zero-order valence-corrected chi connectivity index (χ0v) is 46.7. The van der Waals surface area contributed by atoms with Crippen LogP contribution in [0.5, 0.6) is 0 Å². The van der Waals surface area contributed by atoms with Crippen LogP contribution in [0.3, 0.4) is 0 Å². The molecule has 0 spiro atoms. The molecule has 7 nitrogen and oxygen atoms in total. The molecule has 0 aromatic carbocycles. The molecule has 0 rings (SSSR count). The summed E-state index contributed by atoms with van der Waals surface area (Å²) >= 11 is 0. The van der Waals surface area contributed by atoms with E-state index in [0.29, 0.717) is 25.8 Å². The lowest BCUT2D eigenvalue weighted by Gasteiger charge is -2.34. The van der Waals surface area contributed by atoms with Crippen molar-refractivity contribution in [2.45, 2.75) is 329 Å². The predicted molar refractivity (Wildman–Crippen MR) is 293 cm³/mol. The first-order valence-electron chi connectivity index (χ1n) is 30.4. The van der Waals surface area contributed by atoms with Crippen molar-refractivity contribution in [3.05, 3.63) is 0 Å². The Morgan fingerprint density at radius 3 is 0.603 bits per heavy atom. The minimum Gasteiger partial charge on any atom is -0.465 e. The van der Waals surface area contributed by atoms with Gasteiger partial charge in [0.1, 0.15) is 19.8 Å². The van der Waals surface area contributed by atoms with Gasteiger partial charge in [-0.1, -0.05) is 290 Å². The van der Waals surface area contributed by atoms with E-state index in [4.69, 9.17) is 14.2 Å². The number of rotatable bonds is 56. The van der Waals surface area contributed by atoms with E-state index in [-0.39, 0.29) is 37.7 Å². The van der Waals surface area contributed by atoms with Crippen LogP contribution in [0.15, 0.2) is 0 Å². The highest BCUT2D eigenvalue weighted by molar-refractivity contribution is 5.70. The van der Waals surface area contributed by atoms with Gasteiger partial charge >= 0.3 is 17.9 Å². The number of hydrogen-bond donors (Lipinski definition) is 0. The third kappa shape index (κ3) is 49.4. The highest BCUT2D eigenvalue weighted by Gasteiger charge is 2.36. The first-order chi connectivity index (χ1) is 33.3. The van der Waals surface area contributed by atoms with Crippen LogP contribution < -0.4 is 0 Å². The Morgan fingerprint density at radius 1 is 0.279 bits per heavy atom. The number of unbranched alkanes of at least 4 members (excludes halogenated alkanes) is 42. The molecule has 0 fully saturated rings. The van der Waals surface area contributed by atoms with Gasteiger partial charge < -0.3 is 19.1 Å². The van der Waals surface area contributed by atoms with Crippen molar-refractivity contribution in [3.8, 4) is 0 Å². The summed E-state index contributed by atoms with van der Waals surface area (Å²) in [6.45, 7) is 7.48. The summed E-state index contributed by atoms with van der Waals surface area (Å²) in [5.74, 6) is -0.678. The second-order valence-corrected chi connectivity index (χ2v) is 21.8. The van der Waals surface area contributed by atoms with E-state index < -0.39 is 5.41 Å². The third-order valence-corrected chi connectivity index (χ3v) is 14.2. The first-order valence-corrected chi connectivity index (χ1v) is 30.4. The number of carbonyl (C=O) groups is 3. The number of hydrogen-bond acceptors (Lipinski definition) is 7. The Balaban J connectivity index is 4.73. The summed E-state index contributed by atoms with van der Waals surface area (Å²) in [6, 6.07) is 0. The average molecular weight is 963 g/mol. The fourth-order valence-corrected chi connectivity index (χ4v) is 9.77. The molecule has 0 unspecified atom stereocenters. The maximum atomic E-state index is 13.1. The van der Waals surface area contributed by atoms with Gasteiger partial charge in [-0.05, 0) is 33.4 Å². The van der Waals surface area contributed by atoms with E-state index in [1.165, 1.54) is 231 Å². The smallest absolute Gasteiger partial charge is 0.305 e. The number of esters is 3. The van der Waals surface area contributed by atoms with Crippen LogP contribution in [-0.2, 0) is 28.6 Å². The van der Waals surface area contributed by atoms with Crippen molar-refractivity contribution in [3.63, 3.8) is 0 Å². The molecule has 0 aliphatic carbocycles. The standard InChI is InChI=1S/C61H119NO6/c1-6-9-12-15-18-21-24-27-30-33-36-39-42-45-48-51-58(63)66-55-61(54-62(4)5,56-67-59(64)52-49-46-43-40-37-34-31-28-25-22-19-16-13-10-7-2)57-68-60(65)53-50-47-44-41-38-35-32-29-26-23-20-17-14-11-8-3/h6-57H2,1-5H3. The van der Waals surface area contributed by atoms with Crippen LogP contribution >= 0.6 is 0 Å². The second-order valence-electron chi connectivity index (χ2n) is 21.8. The van der Waals surface area contributed by atoms with Gasteiger partial charge in [0.25, 0.3) is 0 Å². The fourth-order valence-electron chi connectivity index (χ4n) is 9.77. The molecule has 0 bridgehead atoms. The van der Waals surface area contributed by atoms with Gasteiger partial charge in [0.05, 0.1) is 5.41 Å². The maximum Gasteiger partial charge on any atom is 0.305 e. The highest BCUT2D eigenvalue weighted by Crippen LogP contribution is 2.24. The lowest BCUT2D eigenvalue weighted by Crippen LogP contribution is -2.46. The molecule has 0 saturated carbocycles. The summed E-state index contributed by atoms with van der Waals surface area (Å²) < 4.78 is 17.8. The van der Waals surface area contributed by atoms with E-state index in [9.17, 15) is 14.4 Å². The molecule has 7 heteroatoms. The molecule has 0 N–H and O–H groups in total. The van der Waals surface area contributed by atoms with Crippen LogP contribution in [0.4, 0.5) is 0 Å². The molecule has 0 radical (unpaired) electrons. The maximum absolute atomic E-state index is 13.1. The molecular weight excluding hydrogens is 843 g/mol. The van der Waals surface area contributed by atoms with Gasteiger partial charge in [-0.25, -0.2) is 0 Å². The fraction of sp³-hybridized carbons (Fsp3) is 0.951. The average Bonchev–Trinajstić information content (AvgIpc) is 3.33. The van der Waals surface area contributed by atoms with Crippen LogP contribution in [0.1, 0.15) is 329 Å². The van der Waals surface area contributed by atoms with Crippen molar-refractivity contribution in [1.29, 1.82) is 0 Å². The number of carbonyl (C=O) groups excluding carboxylic acids is 3. The Kier molecular flexibility index (Phi) is 51.9. The van der Waals surface area contributed by atoms with E-state index in [0.717, 1.165) is 57.8 Å². The summed E-state index contributed by atoms with van der Waals surface area (Å²) in [4.78, 5) is 41.2. The summed E-state index contributed by atoms with van der Waals surface area (Å²) in [6.07, 6.45) is 58.9. The van der Waals surface area contributed by atoms with Gasteiger partial charge in [-0.15, -0.1) is 0 Å². The lowest BCUT2D eigenvalue weighted by molar-refractivity contribution is -0.163. The largest absolute Gasteiger partial charge is 0.465 e. The normalized spacial score (nSPS) is 11.7. The molecule has 404 valence electrons. The zero-order valence-electron chi connectivity index (χ0n) is 46.7. The van der Waals surface area contributed by atoms with Crippen molar-refractivity contribution < 1.29 is 28.6 Å². The van der Waals surface area contributed by atoms with E-state index in [2.05, 4.69) is 20.8 Å². The van der Waals surface area contributed by atoms with Gasteiger partial charge in [0, 0.05) is 25.8 Å². The second kappa shape index (κ2) is 53.2. The third-order valence-electron chi connectivity index (χ3n) is 14.2. The zero-order chi connectivity index (χ0) is 49.7. The molecule has 0 aromatic heterocycles. The molecule has 0 saturated heterocycles. The molecule has 0 heterocycles. The number of nitrogens with zero attached hydrogens (tertiary/aromatic N) is 1. The van der Waals surface area contributed by atoms with Crippen molar-refractivity contribution >= 4 is 17.9 Å². The quantitative estimate of drug-likeness (QED) is 0.0341. The molecule has 68 heavy (non-hydrogen) atoms. The van der Waals surface area contributed by atoms with Crippen molar-refractivity contribution in [1.82, 2.24) is 4.90 Å². The van der Waals surface area contributed by atoms with E-state index in [1.54, 1.807) is 0 Å². The molecule has 0 aromatic rings. The Bertz CT molecular complexity index is 942. The Hall–Kier alpha value is -1.63. The monoisotopic (exact) mass is 962 g/mol. The van der Waals surface area contributed by atoms with Crippen LogP contribution in [0, 0.1) is 5.41 Å². The molecule has 0 aliphatic rings. The Labute approximate surface area is 424 Å². The highest BCUT2D eigenvalue weighted by atomic mass is 16.6. The topological polar surface area (TPSA) is 82.1 Å². The molecule has 0 aliphatic heterocycles. The van der Waals surface area contributed by atoms with Crippen molar-refractivity contribution in [2.75, 3.05) is 40.5 Å². The SMILES string of the molecule is CCCCCCCCCCCCCCCCCC(=O)OCC(COC(=O)CCCCCCCCCCCCCCCCC)(COC(=O)CCCCCCCCCCCCCCCCC)CN(C)C. The minimum absolute atomic E-state index is 0.0568. The molecule has 0 amide bonds. The molecule has 0 atom stereocenters. The van der Waals surface area contributed by atoms with E-state index in [1.807, 2.05) is 19.0 Å². The first kappa shape index (κ1) is 66.4. The molecular formula is C61H119NO6. The van der Waals surface area contributed by atoms with Gasteiger partial charge in [-0.2, -0.15) is 0 Å².